The molecule has 1 fully saturated rings. The fourth-order valence-electron chi connectivity index (χ4n) is 3.12. The van der Waals surface area contributed by atoms with E-state index >= 15 is 0 Å². The number of aromatic nitrogens is 2. The molecule has 2 N–H and O–H groups in total. The summed E-state index contributed by atoms with van der Waals surface area (Å²) in [5.41, 5.74) is -0.128. The van der Waals surface area contributed by atoms with Crippen molar-refractivity contribution in [1.82, 2.24) is 15.3 Å². The molecule has 2 aromatic rings. The number of hydrogen-bond donors (Lipinski definition) is 2. The molecule has 0 bridgehead atoms. The molecule has 1 aromatic carbocycles. The van der Waals surface area contributed by atoms with Crippen LogP contribution in [0.1, 0.15) is 24.1 Å². The summed E-state index contributed by atoms with van der Waals surface area (Å²) in [4.78, 5) is 9.60. The van der Waals surface area contributed by atoms with Crippen LogP contribution < -0.4 is 25.0 Å². The number of fused-ring (bicyclic) bond motifs is 1. The Balaban J connectivity index is 1.44. The predicted molar refractivity (Wildman–Crippen MR) is 104 cm³/mol. The van der Waals surface area contributed by atoms with E-state index in [1.165, 1.54) is 0 Å². The van der Waals surface area contributed by atoms with E-state index in [2.05, 4.69) is 20.6 Å². The van der Waals surface area contributed by atoms with Crippen molar-refractivity contribution in [3.63, 3.8) is 0 Å². The van der Waals surface area contributed by atoms with Crippen LogP contribution in [-0.4, -0.2) is 35.0 Å². The molecule has 4 rings (SSSR count). The van der Waals surface area contributed by atoms with Gasteiger partial charge in [-0.1, -0.05) is 6.07 Å². The Morgan fingerprint density at radius 1 is 1.10 bits per heavy atom. The van der Waals surface area contributed by atoms with Crippen molar-refractivity contribution < 1.29 is 22.6 Å². The third kappa shape index (κ3) is 4.61. The number of thiocarbonyl (C=S) groups is 1. The molecule has 1 saturated heterocycles. The van der Waals surface area contributed by atoms with E-state index in [4.69, 9.17) is 21.7 Å². The number of anilines is 2. The summed E-state index contributed by atoms with van der Waals surface area (Å²) in [5.74, 6) is 1.36. The number of nitrogens with one attached hydrogen (secondary N) is 2. The first-order valence-electron chi connectivity index (χ1n) is 9.03. The summed E-state index contributed by atoms with van der Waals surface area (Å²) < 4.78 is 50.3. The van der Waals surface area contributed by atoms with E-state index in [-0.39, 0.29) is 23.7 Å². The van der Waals surface area contributed by atoms with Crippen molar-refractivity contribution in [1.29, 1.82) is 0 Å². The zero-order valence-electron chi connectivity index (χ0n) is 15.3. The molecule has 2 aliphatic heterocycles. The molecule has 29 heavy (non-hydrogen) atoms. The average molecular weight is 425 g/mol. The standard InChI is InChI=1S/C18H18F3N5O2S/c19-18(20,21)14-8-15(26-5-1-2-6-26)24-16(23-14)25-17(29)22-9-11-3-4-12-13(7-11)28-10-27-12/h3-4,7-8H,1-2,5-6,9-10H2,(H2,22,23,24,25,29). The normalized spacial score (nSPS) is 15.5. The van der Waals surface area contributed by atoms with Gasteiger partial charge >= 0.3 is 6.18 Å². The average Bonchev–Trinajstić information content (AvgIpc) is 3.37. The molecule has 11 heteroatoms. The SMILES string of the molecule is FC(F)(F)c1cc(N2CCCC2)nc(NC(=S)NCc2ccc3c(c2)OCO3)n1. The first-order valence-corrected chi connectivity index (χ1v) is 9.44. The van der Waals surface area contributed by atoms with E-state index in [0.717, 1.165) is 24.5 Å². The minimum absolute atomic E-state index is 0.120. The molecule has 7 nitrogen and oxygen atoms in total. The summed E-state index contributed by atoms with van der Waals surface area (Å²) in [7, 11) is 0. The molecule has 2 aliphatic rings. The minimum atomic E-state index is -4.57. The van der Waals surface area contributed by atoms with E-state index in [1.54, 1.807) is 6.07 Å². The Kier molecular flexibility index (Phi) is 5.31. The van der Waals surface area contributed by atoms with Crippen molar-refractivity contribution in [2.24, 2.45) is 0 Å². The van der Waals surface area contributed by atoms with Crippen LogP contribution in [0.3, 0.4) is 0 Å². The monoisotopic (exact) mass is 425 g/mol. The zero-order chi connectivity index (χ0) is 20.4. The van der Waals surface area contributed by atoms with Gasteiger partial charge in [0.1, 0.15) is 5.82 Å². The van der Waals surface area contributed by atoms with Crippen molar-refractivity contribution >= 4 is 29.1 Å². The lowest BCUT2D eigenvalue weighted by molar-refractivity contribution is -0.141. The van der Waals surface area contributed by atoms with Crippen LogP contribution in [0.25, 0.3) is 0 Å². The van der Waals surface area contributed by atoms with Gasteiger partial charge in [0, 0.05) is 25.7 Å². The molecular formula is C18H18F3N5O2S. The second-order valence-corrected chi connectivity index (χ2v) is 7.03. The van der Waals surface area contributed by atoms with Gasteiger partial charge in [0.05, 0.1) is 0 Å². The van der Waals surface area contributed by atoms with Gasteiger partial charge in [-0.15, -0.1) is 0 Å². The summed E-state index contributed by atoms with van der Waals surface area (Å²) in [6.07, 6.45) is -2.73. The largest absolute Gasteiger partial charge is 0.454 e. The smallest absolute Gasteiger partial charge is 0.433 e. The highest BCUT2D eigenvalue weighted by Gasteiger charge is 2.34. The molecule has 154 valence electrons. The van der Waals surface area contributed by atoms with Crippen LogP contribution in [-0.2, 0) is 12.7 Å². The maximum absolute atomic E-state index is 13.2. The third-order valence-corrected chi connectivity index (χ3v) is 4.79. The summed E-state index contributed by atoms with van der Waals surface area (Å²) in [6, 6.07) is 6.41. The number of nitrogens with zero attached hydrogens (tertiary/aromatic N) is 3. The van der Waals surface area contributed by atoms with Crippen molar-refractivity contribution in [2.45, 2.75) is 25.6 Å². The van der Waals surface area contributed by atoms with Crippen LogP contribution in [0.4, 0.5) is 24.9 Å². The Morgan fingerprint density at radius 3 is 2.62 bits per heavy atom. The Morgan fingerprint density at radius 2 is 1.86 bits per heavy atom. The summed E-state index contributed by atoms with van der Waals surface area (Å²) >= 11 is 5.20. The number of halogens is 3. The third-order valence-electron chi connectivity index (χ3n) is 4.55. The number of hydrogen-bond acceptors (Lipinski definition) is 6. The van der Waals surface area contributed by atoms with Crippen LogP contribution in [0.15, 0.2) is 24.3 Å². The molecule has 0 aliphatic carbocycles. The highest BCUT2D eigenvalue weighted by Crippen LogP contribution is 2.33. The topological polar surface area (TPSA) is 71.5 Å². The zero-order valence-corrected chi connectivity index (χ0v) is 16.1. The fraction of sp³-hybridized carbons (Fsp3) is 0.389. The first-order chi connectivity index (χ1) is 13.9. The summed E-state index contributed by atoms with van der Waals surface area (Å²) in [5, 5.41) is 5.71. The molecule has 1 aromatic heterocycles. The molecule has 0 saturated carbocycles. The van der Waals surface area contributed by atoms with Gasteiger partial charge in [0.15, 0.2) is 22.3 Å². The predicted octanol–water partition coefficient (Wildman–Crippen LogP) is 3.31. The first kappa shape index (κ1) is 19.5. The van der Waals surface area contributed by atoms with Crippen molar-refractivity contribution in [3.8, 4) is 11.5 Å². The number of benzene rings is 1. The Bertz CT molecular complexity index is 919. The van der Waals surface area contributed by atoms with Gasteiger partial charge in [0.25, 0.3) is 0 Å². The highest BCUT2D eigenvalue weighted by atomic mass is 32.1. The molecule has 3 heterocycles. The lowest BCUT2D eigenvalue weighted by Gasteiger charge is -2.19. The maximum Gasteiger partial charge on any atom is 0.433 e. The van der Waals surface area contributed by atoms with Crippen LogP contribution in [0, 0.1) is 0 Å². The van der Waals surface area contributed by atoms with Crippen LogP contribution in [0.2, 0.25) is 0 Å². The molecule has 0 radical (unpaired) electrons. The molecule has 0 unspecified atom stereocenters. The van der Waals surface area contributed by atoms with E-state index in [9.17, 15) is 13.2 Å². The minimum Gasteiger partial charge on any atom is -0.454 e. The van der Waals surface area contributed by atoms with Crippen LogP contribution >= 0.6 is 12.2 Å². The number of alkyl halides is 3. The quantitative estimate of drug-likeness (QED) is 0.723. The highest BCUT2D eigenvalue weighted by molar-refractivity contribution is 7.80. The molecular weight excluding hydrogens is 407 g/mol. The van der Waals surface area contributed by atoms with Gasteiger partial charge in [0.2, 0.25) is 12.7 Å². The molecule has 0 atom stereocenters. The fourth-order valence-corrected chi connectivity index (χ4v) is 3.29. The summed E-state index contributed by atoms with van der Waals surface area (Å²) in [6.45, 7) is 1.86. The van der Waals surface area contributed by atoms with Gasteiger partial charge in [-0.25, -0.2) is 4.98 Å². The van der Waals surface area contributed by atoms with Gasteiger partial charge in [-0.3, -0.25) is 0 Å². The lowest BCUT2D eigenvalue weighted by atomic mass is 10.2. The van der Waals surface area contributed by atoms with Gasteiger partial charge in [-0.05, 0) is 42.8 Å². The molecule has 0 spiro atoms. The second kappa shape index (κ2) is 7.90. The molecule has 0 amide bonds. The van der Waals surface area contributed by atoms with E-state index in [1.807, 2.05) is 17.0 Å². The van der Waals surface area contributed by atoms with Crippen molar-refractivity contribution in [3.05, 3.63) is 35.5 Å². The van der Waals surface area contributed by atoms with E-state index in [0.29, 0.717) is 31.1 Å². The Hall–Kier alpha value is -2.82. The van der Waals surface area contributed by atoms with Gasteiger partial charge < -0.3 is 25.0 Å². The second-order valence-electron chi connectivity index (χ2n) is 6.62. The Labute approximate surface area is 170 Å². The number of ether oxygens (including phenoxy) is 2. The maximum atomic E-state index is 13.2. The number of rotatable bonds is 4. The van der Waals surface area contributed by atoms with Gasteiger partial charge in [-0.2, -0.15) is 18.2 Å². The van der Waals surface area contributed by atoms with Crippen LogP contribution in [0.5, 0.6) is 11.5 Å². The lowest BCUT2D eigenvalue weighted by Crippen LogP contribution is -2.30. The van der Waals surface area contributed by atoms with E-state index < -0.39 is 11.9 Å². The van der Waals surface area contributed by atoms with Crippen molar-refractivity contribution in [2.75, 3.05) is 30.1 Å².